The van der Waals surface area contributed by atoms with Crippen LogP contribution in [-0.4, -0.2) is 57.5 Å². The summed E-state index contributed by atoms with van der Waals surface area (Å²) in [5, 5.41) is 0. The average molecular weight is 320 g/mol. The molecule has 0 aromatic rings. The molecule has 2 fully saturated rings. The Morgan fingerprint density at radius 3 is 2.15 bits per heavy atom. The first-order chi connectivity index (χ1) is 9.12. The van der Waals surface area contributed by atoms with Gasteiger partial charge in [0.25, 0.3) is 0 Å². The number of carbonyl (C=O) groups is 1. The van der Waals surface area contributed by atoms with Crippen LogP contribution in [0.4, 0.5) is 13.2 Å². The van der Waals surface area contributed by atoms with Crippen LogP contribution >= 0.6 is 0 Å². The second kappa shape index (κ2) is 5.13. The summed E-state index contributed by atoms with van der Waals surface area (Å²) >= 11 is 0. The largest absolute Gasteiger partial charge is 0.523 e. The van der Waals surface area contributed by atoms with E-state index in [2.05, 4.69) is 4.18 Å². The number of hydrogen-bond donors (Lipinski definition) is 0. The smallest absolute Gasteiger partial charge is 0.457 e. The van der Waals surface area contributed by atoms with Gasteiger partial charge in [-0.05, 0) is 0 Å². The fourth-order valence-electron chi connectivity index (χ4n) is 2.04. The van der Waals surface area contributed by atoms with Crippen LogP contribution in [0.25, 0.3) is 0 Å². The number of fused-ring (bicyclic) bond motifs is 1. The third-order valence-electron chi connectivity index (χ3n) is 2.81. The first-order valence-electron chi connectivity index (χ1n) is 5.52. The van der Waals surface area contributed by atoms with E-state index >= 15 is 0 Å². The molecule has 2 rings (SSSR count). The van der Waals surface area contributed by atoms with Crippen molar-refractivity contribution in [1.82, 2.24) is 0 Å². The lowest BCUT2D eigenvalue weighted by atomic mass is 10.1. The van der Waals surface area contributed by atoms with Crippen LogP contribution in [0.3, 0.4) is 0 Å². The van der Waals surface area contributed by atoms with Crippen LogP contribution in [-0.2, 0) is 33.3 Å². The van der Waals surface area contributed by atoms with Gasteiger partial charge in [0, 0.05) is 6.92 Å². The van der Waals surface area contributed by atoms with Crippen molar-refractivity contribution in [3.05, 3.63) is 0 Å². The van der Waals surface area contributed by atoms with Gasteiger partial charge in [0.15, 0.2) is 6.10 Å². The molecule has 0 radical (unpaired) electrons. The van der Waals surface area contributed by atoms with E-state index in [-0.39, 0.29) is 6.61 Å². The molecule has 0 bridgehead atoms. The van der Waals surface area contributed by atoms with Gasteiger partial charge >= 0.3 is 21.6 Å². The van der Waals surface area contributed by atoms with Crippen molar-refractivity contribution in [2.75, 3.05) is 13.2 Å². The Hall–Kier alpha value is -0.910. The molecule has 0 unspecified atom stereocenters. The van der Waals surface area contributed by atoms with Gasteiger partial charge in [-0.1, -0.05) is 0 Å². The summed E-state index contributed by atoms with van der Waals surface area (Å²) in [4.78, 5) is 10.8. The molecule has 4 atom stereocenters. The van der Waals surface area contributed by atoms with Gasteiger partial charge in [0.1, 0.15) is 18.3 Å². The number of hydrogen-bond acceptors (Lipinski definition) is 7. The molecule has 116 valence electrons. The van der Waals surface area contributed by atoms with Crippen LogP contribution in [0.15, 0.2) is 0 Å². The summed E-state index contributed by atoms with van der Waals surface area (Å²) < 4.78 is 77.6. The minimum atomic E-state index is -5.73. The minimum absolute atomic E-state index is 0.0964. The highest BCUT2D eigenvalue weighted by Gasteiger charge is 2.55. The Balaban J connectivity index is 2.03. The summed E-state index contributed by atoms with van der Waals surface area (Å²) in [6, 6.07) is 0. The Bertz CT molecular complexity index is 488. The zero-order valence-corrected chi connectivity index (χ0v) is 10.9. The summed E-state index contributed by atoms with van der Waals surface area (Å²) in [7, 11) is -5.73. The maximum Gasteiger partial charge on any atom is 0.523 e. The molecule has 11 heteroatoms. The van der Waals surface area contributed by atoms with E-state index in [1.807, 2.05) is 0 Å². The zero-order chi connectivity index (χ0) is 15.1. The van der Waals surface area contributed by atoms with E-state index in [1.165, 1.54) is 0 Å². The number of halogens is 3. The van der Waals surface area contributed by atoms with Gasteiger partial charge in [-0.2, -0.15) is 21.6 Å². The maximum absolute atomic E-state index is 12.2. The lowest BCUT2D eigenvalue weighted by molar-refractivity contribution is -0.151. The maximum atomic E-state index is 12.2. The van der Waals surface area contributed by atoms with Crippen LogP contribution in [0.5, 0.6) is 0 Å². The second-order valence-corrected chi connectivity index (χ2v) is 5.84. The molecule has 7 nitrogen and oxygen atoms in total. The van der Waals surface area contributed by atoms with Crippen LogP contribution < -0.4 is 0 Å². The number of esters is 1. The number of rotatable bonds is 3. The van der Waals surface area contributed by atoms with E-state index in [0.29, 0.717) is 0 Å². The lowest BCUT2D eigenvalue weighted by Gasteiger charge is -2.17. The van der Waals surface area contributed by atoms with Crippen molar-refractivity contribution in [2.24, 2.45) is 0 Å². The number of ether oxygens (including phenoxy) is 3. The second-order valence-electron chi connectivity index (χ2n) is 4.28. The summed E-state index contributed by atoms with van der Waals surface area (Å²) in [5.74, 6) is -0.602. The molecule has 0 saturated carbocycles. The molecule has 0 spiro atoms. The van der Waals surface area contributed by atoms with E-state index < -0.39 is 52.6 Å². The molecule has 20 heavy (non-hydrogen) atoms. The van der Waals surface area contributed by atoms with Gasteiger partial charge in [0.05, 0.1) is 13.2 Å². The third kappa shape index (κ3) is 2.90. The van der Waals surface area contributed by atoms with Gasteiger partial charge < -0.3 is 14.2 Å². The van der Waals surface area contributed by atoms with Crippen molar-refractivity contribution in [2.45, 2.75) is 36.8 Å². The molecular weight excluding hydrogens is 309 g/mol. The van der Waals surface area contributed by atoms with E-state index in [9.17, 15) is 26.4 Å². The Morgan fingerprint density at radius 2 is 1.65 bits per heavy atom. The van der Waals surface area contributed by atoms with E-state index in [1.54, 1.807) is 0 Å². The highest BCUT2D eigenvalue weighted by molar-refractivity contribution is 7.87. The SMILES string of the molecule is CC(=O)O[C@@H]1CO[C@@H]2[C@H]1OC[C@@H]2OS(=O)(=O)C(F)(F)F. The van der Waals surface area contributed by atoms with E-state index in [0.717, 1.165) is 6.92 Å². The van der Waals surface area contributed by atoms with Gasteiger partial charge in [-0.3, -0.25) is 8.98 Å². The van der Waals surface area contributed by atoms with E-state index in [4.69, 9.17) is 14.2 Å². The molecule has 2 aliphatic heterocycles. The molecule has 0 aromatic heterocycles. The van der Waals surface area contributed by atoms with Gasteiger partial charge in [-0.15, -0.1) is 0 Å². The quantitative estimate of drug-likeness (QED) is 0.409. The summed E-state index contributed by atoms with van der Waals surface area (Å²) in [6.07, 6.45) is -4.09. The normalized spacial score (nSPS) is 34.0. The van der Waals surface area contributed by atoms with Crippen molar-refractivity contribution >= 4 is 16.1 Å². The topological polar surface area (TPSA) is 88.1 Å². The van der Waals surface area contributed by atoms with Crippen LogP contribution in [0.2, 0.25) is 0 Å². The molecule has 2 aliphatic rings. The fourth-order valence-corrected chi connectivity index (χ4v) is 2.64. The first kappa shape index (κ1) is 15.5. The number of alkyl halides is 3. The molecule has 2 heterocycles. The molecule has 0 N–H and O–H groups in total. The van der Waals surface area contributed by atoms with Crippen LogP contribution in [0, 0.1) is 0 Å². The average Bonchev–Trinajstić information content (AvgIpc) is 2.81. The first-order valence-corrected chi connectivity index (χ1v) is 6.92. The van der Waals surface area contributed by atoms with Crippen molar-refractivity contribution in [3.8, 4) is 0 Å². The molecule has 2 saturated heterocycles. The van der Waals surface area contributed by atoms with Gasteiger partial charge in [0.2, 0.25) is 0 Å². The fraction of sp³-hybridized carbons (Fsp3) is 0.889. The Morgan fingerprint density at radius 1 is 1.15 bits per heavy atom. The Labute approximate surface area is 112 Å². The van der Waals surface area contributed by atoms with Gasteiger partial charge in [-0.25, -0.2) is 0 Å². The summed E-state index contributed by atoms with van der Waals surface area (Å²) in [5.41, 5.74) is -5.51. The van der Waals surface area contributed by atoms with Crippen molar-refractivity contribution in [3.63, 3.8) is 0 Å². The highest BCUT2D eigenvalue weighted by atomic mass is 32.2. The molecule has 0 amide bonds. The van der Waals surface area contributed by atoms with Crippen LogP contribution in [0.1, 0.15) is 6.92 Å². The minimum Gasteiger partial charge on any atom is -0.457 e. The number of carbonyl (C=O) groups excluding carboxylic acids is 1. The molecule has 0 aromatic carbocycles. The molecular formula is C9H11F3O7S. The Kier molecular flexibility index (Phi) is 3.97. The summed E-state index contributed by atoms with van der Waals surface area (Å²) in [6.45, 7) is 0.660. The standard InChI is InChI=1S/C9H11F3O7S/c1-4(13)18-5-2-16-8-6(3-17-7(5)8)19-20(14,15)9(10,11)12/h5-8H,2-3H2,1H3/t5-,6+,7+,8+/m1/s1. The predicted molar refractivity (Wildman–Crippen MR) is 54.9 cm³/mol. The highest BCUT2D eigenvalue weighted by Crippen LogP contribution is 2.34. The third-order valence-corrected chi connectivity index (χ3v) is 3.88. The predicted octanol–water partition coefficient (Wildman–Crippen LogP) is -0.0495. The van der Waals surface area contributed by atoms with Crippen molar-refractivity contribution in [1.29, 1.82) is 0 Å². The lowest BCUT2D eigenvalue weighted by Crippen LogP contribution is -2.38. The van der Waals surface area contributed by atoms with Crippen molar-refractivity contribution < 1.29 is 44.8 Å². The zero-order valence-electron chi connectivity index (χ0n) is 10.1. The monoisotopic (exact) mass is 320 g/mol. The molecule has 0 aliphatic carbocycles.